The maximum absolute atomic E-state index is 10.4. The highest BCUT2D eigenvalue weighted by atomic mass is 16.4. The van der Waals surface area contributed by atoms with Crippen molar-refractivity contribution >= 4 is 5.91 Å². The van der Waals surface area contributed by atoms with E-state index >= 15 is 0 Å². The third-order valence-corrected chi connectivity index (χ3v) is 1.77. The van der Waals surface area contributed by atoms with Crippen LogP contribution in [0.3, 0.4) is 0 Å². The van der Waals surface area contributed by atoms with E-state index in [1.807, 2.05) is 6.92 Å². The molecule has 1 aromatic heterocycles. The molecule has 14 heavy (non-hydrogen) atoms. The van der Waals surface area contributed by atoms with Gasteiger partial charge in [0.05, 0.1) is 12.7 Å². The van der Waals surface area contributed by atoms with Crippen LogP contribution in [0, 0.1) is 0 Å². The fraction of sp³-hybridized carbons (Fsp3) is 0.556. The monoisotopic (exact) mass is 197 g/mol. The smallest absolute Gasteiger partial charge is 0.218 e. The molecule has 0 saturated carbocycles. The zero-order valence-electron chi connectivity index (χ0n) is 8.25. The number of carbonyl (C=O) groups is 1. The minimum atomic E-state index is -0.306. The SMILES string of the molecule is CCc1cnc(CNCCC(N)=O)o1. The van der Waals surface area contributed by atoms with Gasteiger partial charge in [-0.2, -0.15) is 0 Å². The highest BCUT2D eigenvalue weighted by Gasteiger charge is 2.01. The highest BCUT2D eigenvalue weighted by Crippen LogP contribution is 2.03. The quantitative estimate of drug-likeness (QED) is 0.638. The van der Waals surface area contributed by atoms with E-state index in [-0.39, 0.29) is 5.91 Å². The van der Waals surface area contributed by atoms with Gasteiger partial charge in [-0.05, 0) is 0 Å². The number of primary amides is 1. The van der Waals surface area contributed by atoms with E-state index in [2.05, 4.69) is 10.3 Å². The predicted octanol–water partition coefficient (Wildman–Crippen LogP) is 0.202. The van der Waals surface area contributed by atoms with Crippen molar-refractivity contribution in [2.45, 2.75) is 26.3 Å². The van der Waals surface area contributed by atoms with Crippen LogP contribution in [-0.4, -0.2) is 17.4 Å². The molecule has 0 atom stereocenters. The van der Waals surface area contributed by atoms with Gasteiger partial charge in [0.25, 0.3) is 0 Å². The Morgan fingerprint density at radius 1 is 1.71 bits per heavy atom. The van der Waals surface area contributed by atoms with E-state index in [0.717, 1.165) is 12.2 Å². The molecular formula is C9H15N3O2. The number of hydrogen-bond acceptors (Lipinski definition) is 4. The standard InChI is InChI=1S/C9H15N3O2/c1-2-7-5-12-9(14-7)6-11-4-3-8(10)13/h5,11H,2-4,6H2,1H3,(H2,10,13). The largest absolute Gasteiger partial charge is 0.444 e. The van der Waals surface area contributed by atoms with Gasteiger partial charge in [0.1, 0.15) is 5.76 Å². The summed E-state index contributed by atoms with van der Waals surface area (Å²) in [6.07, 6.45) is 2.89. The normalized spacial score (nSPS) is 10.4. The van der Waals surface area contributed by atoms with E-state index in [1.54, 1.807) is 6.20 Å². The van der Waals surface area contributed by atoms with Crippen molar-refractivity contribution in [2.24, 2.45) is 5.73 Å². The zero-order valence-corrected chi connectivity index (χ0v) is 8.25. The highest BCUT2D eigenvalue weighted by molar-refractivity contribution is 5.73. The first-order valence-corrected chi connectivity index (χ1v) is 4.65. The average molecular weight is 197 g/mol. The minimum Gasteiger partial charge on any atom is -0.444 e. The molecule has 0 bridgehead atoms. The van der Waals surface area contributed by atoms with E-state index in [1.165, 1.54) is 0 Å². The third-order valence-electron chi connectivity index (χ3n) is 1.77. The lowest BCUT2D eigenvalue weighted by Gasteiger charge is -1.98. The third kappa shape index (κ3) is 3.57. The van der Waals surface area contributed by atoms with Crippen molar-refractivity contribution in [2.75, 3.05) is 6.54 Å². The number of nitrogens with zero attached hydrogens (tertiary/aromatic N) is 1. The summed E-state index contributed by atoms with van der Waals surface area (Å²) in [5.74, 6) is 1.21. The average Bonchev–Trinajstić information content (AvgIpc) is 2.60. The molecule has 0 unspecified atom stereocenters. The summed E-state index contributed by atoms with van der Waals surface area (Å²) in [6.45, 7) is 3.09. The topological polar surface area (TPSA) is 81.1 Å². The Kier molecular flexibility index (Phi) is 4.12. The van der Waals surface area contributed by atoms with Gasteiger partial charge in [0.2, 0.25) is 11.8 Å². The van der Waals surface area contributed by atoms with Crippen molar-refractivity contribution in [1.29, 1.82) is 0 Å². The summed E-state index contributed by atoms with van der Waals surface area (Å²) in [6, 6.07) is 0. The Morgan fingerprint density at radius 3 is 3.07 bits per heavy atom. The lowest BCUT2D eigenvalue weighted by atomic mass is 10.4. The number of nitrogens with one attached hydrogen (secondary N) is 1. The zero-order chi connectivity index (χ0) is 10.4. The molecule has 0 radical (unpaired) electrons. The molecule has 0 spiro atoms. The van der Waals surface area contributed by atoms with Crippen molar-refractivity contribution in [1.82, 2.24) is 10.3 Å². The maximum Gasteiger partial charge on any atom is 0.218 e. The lowest BCUT2D eigenvalue weighted by Crippen LogP contribution is -2.21. The Balaban J connectivity index is 2.21. The van der Waals surface area contributed by atoms with Gasteiger partial charge in [-0.3, -0.25) is 4.79 Å². The Morgan fingerprint density at radius 2 is 2.50 bits per heavy atom. The summed E-state index contributed by atoms with van der Waals surface area (Å²) < 4.78 is 5.35. The van der Waals surface area contributed by atoms with Crippen molar-refractivity contribution in [3.05, 3.63) is 17.8 Å². The number of nitrogens with two attached hydrogens (primary N) is 1. The van der Waals surface area contributed by atoms with Gasteiger partial charge in [0.15, 0.2) is 0 Å². The second-order valence-corrected chi connectivity index (χ2v) is 2.97. The van der Waals surface area contributed by atoms with Gasteiger partial charge in [-0.25, -0.2) is 4.98 Å². The molecular weight excluding hydrogens is 182 g/mol. The van der Waals surface area contributed by atoms with Crippen LogP contribution in [0.25, 0.3) is 0 Å². The first-order valence-electron chi connectivity index (χ1n) is 4.65. The predicted molar refractivity (Wildman–Crippen MR) is 51.4 cm³/mol. The summed E-state index contributed by atoms with van der Waals surface area (Å²) in [4.78, 5) is 14.5. The molecule has 0 saturated heterocycles. The Hall–Kier alpha value is -1.36. The van der Waals surface area contributed by atoms with E-state index in [9.17, 15) is 4.79 Å². The first-order chi connectivity index (χ1) is 6.72. The van der Waals surface area contributed by atoms with Crippen LogP contribution in [0.5, 0.6) is 0 Å². The van der Waals surface area contributed by atoms with Gasteiger partial charge >= 0.3 is 0 Å². The van der Waals surface area contributed by atoms with Gasteiger partial charge in [-0.1, -0.05) is 6.92 Å². The molecule has 3 N–H and O–H groups in total. The molecule has 0 aliphatic carbocycles. The Labute approximate surface area is 82.7 Å². The number of carbonyl (C=O) groups excluding carboxylic acids is 1. The first kappa shape index (κ1) is 10.7. The minimum absolute atomic E-state index is 0.306. The fourth-order valence-corrected chi connectivity index (χ4v) is 1.00. The van der Waals surface area contributed by atoms with Crippen LogP contribution in [0.1, 0.15) is 25.0 Å². The molecule has 1 amide bonds. The number of amides is 1. The summed E-state index contributed by atoms with van der Waals surface area (Å²) in [5.41, 5.74) is 4.98. The van der Waals surface area contributed by atoms with Crippen LogP contribution < -0.4 is 11.1 Å². The summed E-state index contributed by atoms with van der Waals surface area (Å²) in [7, 11) is 0. The number of oxazole rings is 1. The number of aryl methyl sites for hydroxylation is 1. The summed E-state index contributed by atoms with van der Waals surface area (Å²) >= 11 is 0. The molecule has 0 aliphatic heterocycles. The lowest BCUT2D eigenvalue weighted by molar-refractivity contribution is -0.117. The van der Waals surface area contributed by atoms with Crippen molar-refractivity contribution < 1.29 is 9.21 Å². The number of rotatable bonds is 6. The maximum atomic E-state index is 10.4. The van der Waals surface area contributed by atoms with E-state index < -0.39 is 0 Å². The molecule has 5 nitrogen and oxygen atoms in total. The number of hydrogen-bond donors (Lipinski definition) is 2. The molecule has 1 aromatic rings. The van der Waals surface area contributed by atoms with Gasteiger partial charge < -0.3 is 15.5 Å². The second kappa shape index (κ2) is 5.39. The molecule has 1 rings (SSSR count). The number of aromatic nitrogens is 1. The van der Waals surface area contributed by atoms with Crippen LogP contribution in [0.4, 0.5) is 0 Å². The van der Waals surface area contributed by atoms with E-state index in [4.69, 9.17) is 10.2 Å². The molecule has 78 valence electrons. The van der Waals surface area contributed by atoms with Crippen molar-refractivity contribution in [3.63, 3.8) is 0 Å². The fourth-order valence-electron chi connectivity index (χ4n) is 1.00. The van der Waals surface area contributed by atoms with Crippen LogP contribution in [0.15, 0.2) is 10.6 Å². The molecule has 0 aliphatic rings. The molecule has 0 aromatic carbocycles. The van der Waals surface area contributed by atoms with Gasteiger partial charge in [-0.15, -0.1) is 0 Å². The van der Waals surface area contributed by atoms with Crippen LogP contribution >= 0.6 is 0 Å². The van der Waals surface area contributed by atoms with Crippen LogP contribution in [0.2, 0.25) is 0 Å². The molecule has 0 fully saturated rings. The molecule has 5 heteroatoms. The van der Waals surface area contributed by atoms with Gasteiger partial charge in [0, 0.05) is 19.4 Å². The van der Waals surface area contributed by atoms with Crippen LogP contribution in [-0.2, 0) is 17.8 Å². The Bertz CT molecular complexity index is 296. The second-order valence-electron chi connectivity index (χ2n) is 2.97. The van der Waals surface area contributed by atoms with E-state index in [0.29, 0.717) is 25.4 Å². The molecule has 1 heterocycles. The van der Waals surface area contributed by atoms with Crippen molar-refractivity contribution in [3.8, 4) is 0 Å². The summed E-state index contributed by atoms with van der Waals surface area (Å²) in [5, 5.41) is 3.01.